The van der Waals surface area contributed by atoms with Gasteiger partial charge in [-0.15, -0.1) is 11.3 Å². The van der Waals surface area contributed by atoms with E-state index >= 15 is 0 Å². The zero-order chi connectivity index (χ0) is 21.8. The Bertz CT molecular complexity index is 1310. The number of hydrogen-bond donors (Lipinski definition) is 1. The second-order valence-corrected chi connectivity index (χ2v) is 7.84. The van der Waals surface area contributed by atoms with Crippen LogP contribution in [-0.4, -0.2) is 34.2 Å². The Morgan fingerprint density at radius 2 is 2.03 bits per heavy atom. The third-order valence-corrected chi connectivity index (χ3v) is 5.59. The van der Waals surface area contributed by atoms with Crippen LogP contribution < -0.4 is 9.47 Å². The molecule has 0 unspecified atom stereocenters. The number of aromatic amines is 1. The molecule has 0 radical (unpaired) electrons. The molecular weight excluding hydrogens is 432 g/mol. The van der Waals surface area contributed by atoms with Crippen LogP contribution in [0.2, 0.25) is 0 Å². The standard InChI is InChI=1S/C22H18N4O3S2/c1-14-6-3-4-7-16(14)20-24-25-22(30)26(20)23-13-15-9-10-17(18(12-15)28-2)29-21(27)19-8-5-11-31-19/h3-13H,1-2H3,(H,25,30)/b23-13+. The zero-order valence-corrected chi connectivity index (χ0v) is 18.4. The number of carbonyl (C=O) groups is 1. The average Bonchev–Trinajstić information content (AvgIpc) is 3.44. The Morgan fingerprint density at radius 1 is 1.19 bits per heavy atom. The van der Waals surface area contributed by atoms with Crippen LogP contribution in [0, 0.1) is 11.7 Å². The number of H-pyrrole nitrogens is 1. The van der Waals surface area contributed by atoms with E-state index in [1.807, 2.05) is 36.6 Å². The second kappa shape index (κ2) is 9.07. The van der Waals surface area contributed by atoms with Crippen LogP contribution in [0.3, 0.4) is 0 Å². The molecule has 156 valence electrons. The molecule has 0 fully saturated rings. The summed E-state index contributed by atoms with van der Waals surface area (Å²) in [7, 11) is 1.52. The van der Waals surface area contributed by atoms with Crippen molar-refractivity contribution in [2.45, 2.75) is 6.92 Å². The summed E-state index contributed by atoms with van der Waals surface area (Å²) in [5.41, 5.74) is 2.73. The van der Waals surface area contributed by atoms with Gasteiger partial charge in [-0.2, -0.15) is 14.9 Å². The van der Waals surface area contributed by atoms with Gasteiger partial charge in [0.15, 0.2) is 17.3 Å². The maximum Gasteiger partial charge on any atom is 0.353 e. The van der Waals surface area contributed by atoms with Gasteiger partial charge in [0.05, 0.1) is 13.3 Å². The molecule has 4 rings (SSSR count). The van der Waals surface area contributed by atoms with Crippen molar-refractivity contribution in [1.29, 1.82) is 0 Å². The number of nitrogens with zero attached hydrogens (tertiary/aromatic N) is 3. The molecule has 9 heteroatoms. The number of hydrogen-bond acceptors (Lipinski definition) is 7. The lowest BCUT2D eigenvalue weighted by Crippen LogP contribution is -2.07. The minimum absolute atomic E-state index is 0.332. The van der Waals surface area contributed by atoms with Gasteiger partial charge in [-0.25, -0.2) is 9.89 Å². The third kappa shape index (κ3) is 4.47. The number of aryl methyl sites for hydroxylation is 1. The van der Waals surface area contributed by atoms with Crippen molar-refractivity contribution in [3.8, 4) is 22.9 Å². The first-order chi connectivity index (χ1) is 15.1. The SMILES string of the molecule is COc1cc(/C=N/n2c(-c3ccccc3C)n[nH]c2=S)ccc1OC(=O)c1cccs1. The molecule has 7 nitrogen and oxygen atoms in total. The molecule has 0 atom stereocenters. The van der Waals surface area contributed by atoms with Crippen molar-refractivity contribution in [3.05, 3.63) is 80.8 Å². The number of aromatic nitrogens is 3. The number of carbonyl (C=O) groups excluding carboxylic acids is 1. The fourth-order valence-electron chi connectivity index (χ4n) is 2.91. The number of rotatable bonds is 6. The van der Waals surface area contributed by atoms with Gasteiger partial charge in [0.2, 0.25) is 4.77 Å². The Balaban J connectivity index is 1.61. The zero-order valence-electron chi connectivity index (χ0n) is 16.7. The monoisotopic (exact) mass is 450 g/mol. The summed E-state index contributed by atoms with van der Waals surface area (Å²) in [6.07, 6.45) is 1.64. The first kappa shape index (κ1) is 20.7. The summed E-state index contributed by atoms with van der Waals surface area (Å²) >= 11 is 6.65. The topological polar surface area (TPSA) is 81.5 Å². The van der Waals surface area contributed by atoms with Gasteiger partial charge < -0.3 is 9.47 Å². The largest absolute Gasteiger partial charge is 0.493 e. The summed E-state index contributed by atoms with van der Waals surface area (Å²) < 4.78 is 12.8. The summed E-state index contributed by atoms with van der Waals surface area (Å²) in [5, 5.41) is 13.4. The molecule has 0 aliphatic heterocycles. The fourth-order valence-corrected chi connectivity index (χ4v) is 3.69. The molecule has 0 saturated carbocycles. The average molecular weight is 451 g/mol. The van der Waals surface area contributed by atoms with Crippen molar-refractivity contribution < 1.29 is 14.3 Å². The minimum atomic E-state index is -0.428. The molecular formula is C22H18N4O3S2. The molecule has 0 spiro atoms. The Hall–Kier alpha value is -3.56. The lowest BCUT2D eigenvalue weighted by molar-refractivity contribution is 0.0735. The summed E-state index contributed by atoms with van der Waals surface area (Å²) in [6.45, 7) is 2.00. The number of ether oxygens (including phenoxy) is 2. The first-order valence-electron chi connectivity index (χ1n) is 9.28. The van der Waals surface area contributed by atoms with E-state index in [1.165, 1.54) is 18.4 Å². The van der Waals surface area contributed by atoms with Crippen LogP contribution >= 0.6 is 23.6 Å². The van der Waals surface area contributed by atoms with Crippen LogP contribution in [0.5, 0.6) is 11.5 Å². The van der Waals surface area contributed by atoms with Crippen LogP contribution in [0.25, 0.3) is 11.4 Å². The highest BCUT2D eigenvalue weighted by Gasteiger charge is 2.14. The molecule has 2 aromatic heterocycles. The lowest BCUT2D eigenvalue weighted by Gasteiger charge is -2.09. The number of thiophene rings is 1. The number of nitrogens with one attached hydrogen (secondary N) is 1. The highest BCUT2D eigenvalue weighted by Crippen LogP contribution is 2.29. The number of benzene rings is 2. The van der Waals surface area contributed by atoms with Crippen molar-refractivity contribution in [2.75, 3.05) is 7.11 Å². The molecule has 0 bridgehead atoms. The predicted molar refractivity (Wildman–Crippen MR) is 123 cm³/mol. The van der Waals surface area contributed by atoms with Gasteiger partial charge in [-0.1, -0.05) is 30.3 Å². The molecule has 0 aliphatic rings. The predicted octanol–water partition coefficient (Wildman–Crippen LogP) is 5.09. The fraction of sp³-hybridized carbons (Fsp3) is 0.0909. The maximum absolute atomic E-state index is 12.2. The smallest absolute Gasteiger partial charge is 0.353 e. The van der Waals surface area contributed by atoms with Gasteiger partial charge in [-0.3, -0.25) is 0 Å². The van der Waals surface area contributed by atoms with E-state index in [0.717, 1.165) is 16.7 Å². The lowest BCUT2D eigenvalue weighted by atomic mass is 10.1. The van der Waals surface area contributed by atoms with Crippen LogP contribution in [-0.2, 0) is 0 Å². The van der Waals surface area contributed by atoms with Crippen molar-refractivity contribution >= 4 is 35.7 Å². The number of esters is 1. The second-order valence-electron chi connectivity index (χ2n) is 6.50. The third-order valence-electron chi connectivity index (χ3n) is 4.47. The van der Waals surface area contributed by atoms with E-state index in [2.05, 4.69) is 15.3 Å². The van der Waals surface area contributed by atoms with Gasteiger partial charge >= 0.3 is 5.97 Å². The van der Waals surface area contributed by atoms with Gasteiger partial charge in [-0.05, 0) is 59.9 Å². The maximum atomic E-state index is 12.2. The quantitative estimate of drug-likeness (QED) is 0.192. The van der Waals surface area contributed by atoms with E-state index in [4.69, 9.17) is 21.7 Å². The Morgan fingerprint density at radius 3 is 2.77 bits per heavy atom. The van der Waals surface area contributed by atoms with E-state index < -0.39 is 5.97 Å². The van der Waals surface area contributed by atoms with E-state index in [9.17, 15) is 4.79 Å². The van der Waals surface area contributed by atoms with Gasteiger partial charge in [0, 0.05) is 5.56 Å². The van der Waals surface area contributed by atoms with E-state index in [-0.39, 0.29) is 0 Å². The number of methoxy groups -OCH3 is 1. The normalized spacial score (nSPS) is 11.0. The molecule has 0 aliphatic carbocycles. The highest BCUT2D eigenvalue weighted by atomic mass is 32.1. The first-order valence-corrected chi connectivity index (χ1v) is 10.6. The molecule has 31 heavy (non-hydrogen) atoms. The van der Waals surface area contributed by atoms with Gasteiger partial charge in [0.25, 0.3) is 0 Å². The molecule has 2 heterocycles. The van der Waals surface area contributed by atoms with E-state index in [0.29, 0.717) is 27.0 Å². The van der Waals surface area contributed by atoms with Crippen LogP contribution in [0.4, 0.5) is 0 Å². The van der Waals surface area contributed by atoms with Crippen molar-refractivity contribution in [3.63, 3.8) is 0 Å². The van der Waals surface area contributed by atoms with Crippen LogP contribution in [0.1, 0.15) is 20.8 Å². The highest BCUT2D eigenvalue weighted by molar-refractivity contribution is 7.71. The Kier molecular flexibility index (Phi) is 6.06. The minimum Gasteiger partial charge on any atom is -0.493 e. The Labute approximate surface area is 187 Å². The van der Waals surface area contributed by atoms with Crippen molar-refractivity contribution in [2.24, 2.45) is 5.10 Å². The van der Waals surface area contributed by atoms with Crippen LogP contribution in [0.15, 0.2) is 65.1 Å². The molecule has 4 aromatic rings. The molecule has 2 aromatic carbocycles. The molecule has 0 amide bonds. The van der Waals surface area contributed by atoms with Crippen molar-refractivity contribution in [1.82, 2.24) is 14.9 Å². The summed E-state index contributed by atoms with van der Waals surface area (Å²) in [6, 6.07) is 16.6. The molecule has 1 N–H and O–H groups in total. The van der Waals surface area contributed by atoms with E-state index in [1.54, 1.807) is 41.2 Å². The molecule has 0 saturated heterocycles. The summed E-state index contributed by atoms with van der Waals surface area (Å²) in [4.78, 5) is 12.7. The summed E-state index contributed by atoms with van der Waals surface area (Å²) in [5.74, 6) is 0.942. The van der Waals surface area contributed by atoms with Gasteiger partial charge in [0.1, 0.15) is 4.88 Å².